The second kappa shape index (κ2) is 16.6. The van der Waals surface area contributed by atoms with Crippen LogP contribution in [-0.2, 0) is 9.53 Å². The maximum absolute atomic E-state index is 12.2. The topological polar surface area (TPSA) is 61.8 Å². The summed E-state index contributed by atoms with van der Waals surface area (Å²) in [4.78, 5) is 23.4. The highest BCUT2D eigenvalue weighted by Gasteiger charge is 2.09. The van der Waals surface area contributed by atoms with Crippen molar-refractivity contribution in [3.8, 4) is 11.5 Å². The van der Waals surface area contributed by atoms with Crippen molar-refractivity contribution in [1.29, 1.82) is 0 Å². The quantitative estimate of drug-likeness (QED) is 0.113. The van der Waals surface area contributed by atoms with E-state index in [9.17, 15) is 9.59 Å². The Bertz CT molecular complexity index is 838. The maximum Gasteiger partial charge on any atom is 0.338 e. The number of carbonyl (C=O) groups is 1. The Morgan fingerprint density at radius 3 is 2.03 bits per heavy atom. The molecule has 33 heavy (non-hydrogen) atoms. The van der Waals surface area contributed by atoms with Crippen LogP contribution in [0.2, 0.25) is 0 Å². The predicted octanol–water partition coefficient (Wildman–Crippen LogP) is 6.94. The third-order valence-electron chi connectivity index (χ3n) is 5.28. The highest BCUT2D eigenvalue weighted by molar-refractivity contribution is 5.89. The van der Waals surface area contributed by atoms with Gasteiger partial charge in [-0.1, -0.05) is 76.5 Å². The van der Waals surface area contributed by atoms with Crippen molar-refractivity contribution in [2.75, 3.05) is 13.2 Å². The van der Waals surface area contributed by atoms with Gasteiger partial charge >= 0.3 is 5.97 Å². The van der Waals surface area contributed by atoms with E-state index in [1.807, 2.05) is 36.3 Å². The number of benzene rings is 2. The minimum atomic E-state index is -0.431. The van der Waals surface area contributed by atoms with Crippen LogP contribution in [0.1, 0.15) is 81.5 Å². The van der Waals surface area contributed by atoms with Crippen molar-refractivity contribution in [3.05, 3.63) is 65.9 Å². The predicted molar refractivity (Wildman–Crippen MR) is 130 cm³/mol. The molecule has 2 rings (SSSR count). The van der Waals surface area contributed by atoms with Crippen LogP contribution in [0.5, 0.6) is 11.5 Å². The van der Waals surface area contributed by atoms with Crippen LogP contribution < -0.4 is 9.47 Å². The van der Waals surface area contributed by atoms with Gasteiger partial charge in [-0.3, -0.25) is 0 Å². The molecule has 0 fully saturated rings. The van der Waals surface area contributed by atoms with Gasteiger partial charge in [0.25, 0.3) is 0 Å². The molecule has 0 amide bonds. The van der Waals surface area contributed by atoms with Crippen molar-refractivity contribution in [2.24, 2.45) is 0 Å². The molecular weight excluding hydrogens is 416 g/mol. The second-order valence-corrected chi connectivity index (χ2v) is 8.03. The van der Waals surface area contributed by atoms with Gasteiger partial charge in [-0.05, 0) is 42.8 Å². The van der Waals surface area contributed by atoms with Crippen LogP contribution in [0, 0.1) is 0 Å². The van der Waals surface area contributed by atoms with E-state index in [1.165, 1.54) is 44.9 Å². The molecule has 5 heteroatoms. The minimum absolute atomic E-state index is 0.156. The van der Waals surface area contributed by atoms with E-state index in [1.54, 1.807) is 24.3 Å². The van der Waals surface area contributed by atoms with Crippen molar-refractivity contribution < 1.29 is 23.8 Å². The van der Waals surface area contributed by atoms with Gasteiger partial charge in [-0.15, -0.1) is 0 Å². The SMILES string of the molecule is CCCCCCCCCCCC(=C=O)Oc1ccc(C(=O)OCCOc2ccccc2)cc1. The van der Waals surface area contributed by atoms with Crippen LogP contribution in [0.25, 0.3) is 0 Å². The fourth-order valence-corrected chi connectivity index (χ4v) is 3.41. The smallest absolute Gasteiger partial charge is 0.338 e. The first kappa shape index (κ1) is 26.2. The summed E-state index contributed by atoms with van der Waals surface area (Å²) < 4.78 is 16.4. The van der Waals surface area contributed by atoms with Gasteiger partial charge in [0.1, 0.15) is 24.7 Å². The first-order valence-electron chi connectivity index (χ1n) is 12.1. The van der Waals surface area contributed by atoms with Crippen LogP contribution in [0.4, 0.5) is 0 Å². The lowest BCUT2D eigenvalue weighted by atomic mass is 10.1. The van der Waals surface area contributed by atoms with Gasteiger partial charge in [0.2, 0.25) is 0 Å². The monoisotopic (exact) mass is 452 g/mol. The number of unbranched alkanes of at least 4 members (excludes halogenated alkanes) is 8. The molecule has 2 aromatic carbocycles. The molecule has 0 unspecified atom stereocenters. The molecule has 0 spiro atoms. The molecule has 0 heterocycles. The average Bonchev–Trinajstić information content (AvgIpc) is 2.85. The van der Waals surface area contributed by atoms with Crippen LogP contribution in [0.3, 0.4) is 0 Å². The lowest BCUT2D eigenvalue weighted by Gasteiger charge is -2.09. The zero-order valence-electron chi connectivity index (χ0n) is 19.7. The zero-order chi connectivity index (χ0) is 23.6. The molecule has 2 aromatic rings. The van der Waals surface area contributed by atoms with Crippen molar-refractivity contribution in [1.82, 2.24) is 0 Å². The van der Waals surface area contributed by atoms with E-state index in [4.69, 9.17) is 14.2 Å². The lowest BCUT2D eigenvalue weighted by Crippen LogP contribution is -2.12. The summed E-state index contributed by atoms with van der Waals surface area (Å²) in [6, 6.07) is 15.9. The summed E-state index contributed by atoms with van der Waals surface area (Å²) >= 11 is 0. The Morgan fingerprint density at radius 1 is 0.758 bits per heavy atom. The molecule has 0 saturated heterocycles. The third kappa shape index (κ3) is 11.4. The number of rotatable bonds is 17. The van der Waals surface area contributed by atoms with E-state index in [2.05, 4.69) is 6.92 Å². The normalized spacial score (nSPS) is 10.3. The number of carbonyl (C=O) groups excluding carboxylic acids is 2. The van der Waals surface area contributed by atoms with Crippen molar-refractivity contribution >= 4 is 11.9 Å². The number of hydrogen-bond donors (Lipinski definition) is 0. The first-order chi connectivity index (χ1) is 16.2. The van der Waals surface area contributed by atoms with E-state index in [0.29, 0.717) is 23.5 Å². The molecule has 178 valence electrons. The number of esters is 1. The number of hydrogen-bond acceptors (Lipinski definition) is 5. The summed E-state index contributed by atoms with van der Waals surface area (Å²) in [5.74, 6) is 3.01. The lowest BCUT2D eigenvalue weighted by molar-refractivity contribution is 0.0450. The fourth-order valence-electron chi connectivity index (χ4n) is 3.41. The van der Waals surface area contributed by atoms with E-state index < -0.39 is 5.97 Å². The van der Waals surface area contributed by atoms with Gasteiger partial charge < -0.3 is 14.2 Å². The molecule has 0 aliphatic rings. The van der Waals surface area contributed by atoms with Gasteiger partial charge in [0, 0.05) is 6.42 Å². The molecule has 0 atom stereocenters. The molecule has 0 aromatic heterocycles. The van der Waals surface area contributed by atoms with E-state index in [-0.39, 0.29) is 13.2 Å². The Kier molecular flexibility index (Phi) is 13.2. The molecule has 5 nitrogen and oxygen atoms in total. The highest BCUT2D eigenvalue weighted by Crippen LogP contribution is 2.18. The third-order valence-corrected chi connectivity index (χ3v) is 5.28. The first-order valence-corrected chi connectivity index (χ1v) is 12.1. The zero-order valence-corrected chi connectivity index (χ0v) is 19.7. The summed E-state index contributed by atoms with van der Waals surface area (Å²) in [6.07, 6.45) is 11.6. The fraction of sp³-hybridized carbons (Fsp3) is 0.464. The van der Waals surface area contributed by atoms with Crippen LogP contribution >= 0.6 is 0 Å². The Labute approximate surface area is 197 Å². The molecule has 0 aliphatic heterocycles. The Balaban J connectivity index is 1.62. The summed E-state index contributed by atoms with van der Waals surface area (Å²) in [5.41, 5.74) is 0.414. The van der Waals surface area contributed by atoms with Gasteiger partial charge in [0.05, 0.1) is 5.56 Å². The van der Waals surface area contributed by atoms with Gasteiger partial charge in [-0.2, -0.15) is 0 Å². The Hall–Kier alpha value is -3.04. The number of allylic oxidation sites excluding steroid dienone is 1. The second-order valence-electron chi connectivity index (χ2n) is 8.03. The molecule has 0 bridgehead atoms. The van der Waals surface area contributed by atoms with Crippen LogP contribution in [-0.4, -0.2) is 25.1 Å². The van der Waals surface area contributed by atoms with E-state index in [0.717, 1.165) is 18.6 Å². The number of para-hydroxylation sites is 1. The summed E-state index contributed by atoms with van der Waals surface area (Å²) in [6.45, 7) is 2.67. The summed E-state index contributed by atoms with van der Waals surface area (Å²) in [5, 5.41) is 0. The van der Waals surface area contributed by atoms with E-state index >= 15 is 0 Å². The standard InChI is InChI=1S/C28H36O5/c1-2-3-4-5-6-7-8-9-11-16-27(23-29)33-26-19-17-24(18-20-26)28(30)32-22-21-31-25-14-12-10-13-15-25/h10,12-15,17-20H,2-9,11,16,21-22H2,1H3. The molecule has 0 radical (unpaired) electrons. The minimum Gasteiger partial charge on any atom is -0.490 e. The molecule has 0 N–H and O–H groups in total. The van der Waals surface area contributed by atoms with Crippen molar-refractivity contribution in [3.63, 3.8) is 0 Å². The Morgan fingerprint density at radius 2 is 1.39 bits per heavy atom. The molecule has 0 saturated carbocycles. The maximum atomic E-state index is 12.2. The molecule has 0 aliphatic carbocycles. The van der Waals surface area contributed by atoms with Crippen molar-refractivity contribution in [2.45, 2.75) is 71.1 Å². The summed E-state index contributed by atoms with van der Waals surface area (Å²) in [7, 11) is 0. The number of ether oxygens (including phenoxy) is 3. The van der Waals surface area contributed by atoms with Gasteiger partial charge in [-0.25, -0.2) is 9.59 Å². The highest BCUT2D eigenvalue weighted by atomic mass is 16.6. The average molecular weight is 453 g/mol. The van der Waals surface area contributed by atoms with Crippen LogP contribution in [0.15, 0.2) is 60.4 Å². The molecular formula is C28H36O5. The van der Waals surface area contributed by atoms with Gasteiger partial charge in [0.15, 0.2) is 11.7 Å². The largest absolute Gasteiger partial charge is 0.490 e.